The number of H-pyrrole nitrogens is 1. The number of hydrogen-bond donors (Lipinski definition) is 2. The first kappa shape index (κ1) is 13.7. The smallest absolute Gasteiger partial charge is 0.376 e. The van der Waals surface area contributed by atoms with Crippen LogP contribution in [0.4, 0.5) is 4.39 Å². The highest BCUT2D eigenvalue weighted by atomic mass is 19.1. The third kappa shape index (κ3) is 3.53. The Hall–Kier alpha value is -1.41. The first-order valence-electron chi connectivity index (χ1n) is 5.30. The van der Waals surface area contributed by atoms with Crippen molar-refractivity contribution in [3.8, 4) is 0 Å². The maximum atomic E-state index is 12.9. The molecule has 0 saturated heterocycles. The minimum absolute atomic E-state index is 0.114. The van der Waals surface area contributed by atoms with E-state index < -0.39 is 24.1 Å². The molecule has 0 saturated carbocycles. The summed E-state index contributed by atoms with van der Waals surface area (Å²) >= 11 is 0. The van der Waals surface area contributed by atoms with Crippen LogP contribution >= 0.6 is 0 Å². The first-order chi connectivity index (χ1) is 7.93. The fourth-order valence-electron chi connectivity index (χ4n) is 1.35. The zero-order valence-electron chi connectivity index (χ0n) is 9.81. The minimum Gasteiger partial charge on any atom is -0.437 e. The lowest BCUT2D eigenvalue weighted by atomic mass is 9.86. The molecular formula is C9H15BFN3O3. The summed E-state index contributed by atoms with van der Waals surface area (Å²) in [5, 5.41) is 9.20. The van der Waals surface area contributed by atoms with E-state index in [4.69, 9.17) is 0 Å². The van der Waals surface area contributed by atoms with Gasteiger partial charge in [-0.15, -0.1) is 0 Å². The SMILES string of the molecule is CB(O)N(C)CCCn1c(=O)[nH]cc(F)c1=O. The van der Waals surface area contributed by atoms with Crippen LogP contribution in [0.3, 0.4) is 0 Å². The van der Waals surface area contributed by atoms with Crippen molar-refractivity contribution < 1.29 is 9.41 Å². The van der Waals surface area contributed by atoms with Gasteiger partial charge in [0.15, 0.2) is 0 Å². The molecule has 0 atom stereocenters. The summed E-state index contributed by atoms with van der Waals surface area (Å²) in [6.45, 7) is 2.23. The first-order valence-corrected chi connectivity index (χ1v) is 5.30. The van der Waals surface area contributed by atoms with E-state index in [0.29, 0.717) is 13.0 Å². The van der Waals surface area contributed by atoms with Crippen molar-refractivity contribution in [2.75, 3.05) is 13.6 Å². The second-order valence-corrected chi connectivity index (χ2v) is 3.86. The molecule has 6 nitrogen and oxygen atoms in total. The van der Waals surface area contributed by atoms with Gasteiger partial charge in [0.2, 0.25) is 5.82 Å². The van der Waals surface area contributed by atoms with E-state index >= 15 is 0 Å². The molecule has 1 aromatic heterocycles. The molecule has 1 rings (SSSR count). The molecular weight excluding hydrogens is 228 g/mol. The molecule has 94 valence electrons. The van der Waals surface area contributed by atoms with Crippen molar-refractivity contribution in [3.05, 3.63) is 32.9 Å². The highest BCUT2D eigenvalue weighted by Gasteiger charge is 2.11. The van der Waals surface area contributed by atoms with Gasteiger partial charge in [0.1, 0.15) is 0 Å². The van der Waals surface area contributed by atoms with Gasteiger partial charge in [-0.2, -0.15) is 4.39 Å². The van der Waals surface area contributed by atoms with E-state index in [-0.39, 0.29) is 6.54 Å². The molecule has 0 unspecified atom stereocenters. The number of nitrogens with zero attached hydrogens (tertiary/aromatic N) is 2. The molecule has 0 bridgehead atoms. The van der Waals surface area contributed by atoms with Crippen LogP contribution in [0.2, 0.25) is 6.82 Å². The maximum absolute atomic E-state index is 12.9. The summed E-state index contributed by atoms with van der Waals surface area (Å²) in [5.41, 5.74) is -1.55. The molecule has 0 aliphatic carbocycles. The lowest BCUT2D eigenvalue weighted by Gasteiger charge is -2.16. The molecule has 2 N–H and O–H groups in total. The van der Waals surface area contributed by atoms with Gasteiger partial charge in [-0.25, -0.2) is 4.79 Å². The van der Waals surface area contributed by atoms with Gasteiger partial charge in [-0.3, -0.25) is 9.36 Å². The van der Waals surface area contributed by atoms with Crippen LogP contribution in [-0.4, -0.2) is 40.0 Å². The number of rotatable bonds is 5. The highest BCUT2D eigenvalue weighted by Crippen LogP contribution is 1.91. The number of hydrogen-bond acceptors (Lipinski definition) is 4. The summed E-state index contributed by atoms with van der Waals surface area (Å²) in [5.74, 6) is -0.978. The molecule has 0 radical (unpaired) electrons. The third-order valence-electron chi connectivity index (χ3n) is 2.55. The lowest BCUT2D eigenvalue weighted by Crippen LogP contribution is -2.38. The zero-order valence-corrected chi connectivity index (χ0v) is 9.81. The second-order valence-electron chi connectivity index (χ2n) is 3.86. The van der Waals surface area contributed by atoms with Crippen LogP contribution in [-0.2, 0) is 6.54 Å². The molecule has 17 heavy (non-hydrogen) atoms. The van der Waals surface area contributed by atoms with Crippen LogP contribution in [0.5, 0.6) is 0 Å². The number of aromatic amines is 1. The van der Waals surface area contributed by atoms with Gasteiger partial charge in [0.25, 0.3) is 5.56 Å². The van der Waals surface area contributed by atoms with Crippen LogP contribution in [0.1, 0.15) is 6.42 Å². The molecule has 1 aromatic rings. The fraction of sp³-hybridized carbons (Fsp3) is 0.556. The molecule has 1 heterocycles. The Kier molecular flexibility index (Phi) is 4.65. The van der Waals surface area contributed by atoms with Crippen molar-refractivity contribution >= 4 is 7.05 Å². The average molecular weight is 243 g/mol. The Labute approximate surface area is 97.8 Å². The van der Waals surface area contributed by atoms with Gasteiger partial charge in [-0.05, 0) is 26.8 Å². The largest absolute Gasteiger partial charge is 0.437 e. The van der Waals surface area contributed by atoms with E-state index in [0.717, 1.165) is 10.8 Å². The van der Waals surface area contributed by atoms with Crippen LogP contribution in [0, 0.1) is 5.82 Å². The summed E-state index contributed by atoms with van der Waals surface area (Å²) in [6, 6.07) is 0. The van der Waals surface area contributed by atoms with Crippen molar-refractivity contribution in [2.45, 2.75) is 19.8 Å². The van der Waals surface area contributed by atoms with Gasteiger partial charge in [-0.1, -0.05) is 0 Å². The number of halogens is 1. The minimum atomic E-state index is -0.978. The fourth-order valence-corrected chi connectivity index (χ4v) is 1.35. The van der Waals surface area contributed by atoms with Gasteiger partial charge in [0.05, 0.1) is 0 Å². The molecule has 0 aliphatic rings. The monoisotopic (exact) mass is 243 g/mol. The van der Waals surface area contributed by atoms with Crippen molar-refractivity contribution in [2.24, 2.45) is 0 Å². The van der Waals surface area contributed by atoms with E-state index in [9.17, 15) is 19.0 Å². The van der Waals surface area contributed by atoms with Crippen molar-refractivity contribution in [1.29, 1.82) is 0 Å². The lowest BCUT2D eigenvalue weighted by molar-refractivity contribution is 0.396. The summed E-state index contributed by atoms with van der Waals surface area (Å²) < 4.78 is 13.7. The Morgan fingerprint density at radius 3 is 2.82 bits per heavy atom. The van der Waals surface area contributed by atoms with Crippen molar-refractivity contribution in [3.63, 3.8) is 0 Å². The molecule has 0 aromatic carbocycles. The molecule has 8 heteroatoms. The standard InChI is InChI=1S/C9H15BFN3O3/c1-10(17)13(2)4-3-5-14-8(15)7(11)6-12-9(14)16/h6,17H,3-5H2,1-2H3,(H,12,16). The Bertz CT molecular complexity index is 485. The summed E-state index contributed by atoms with van der Waals surface area (Å²) in [4.78, 5) is 26.4. The second kappa shape index (κ2) is 5.78. The van der Waals surface area contributed by atoms with Crippen LogP contribution in [0.25, 0.3) is 0 Å². The van der Waals surface area contributed by atoms with Gasteiger partial charge >= 0.3 is 12.7 Å². The Morgan fingerprint density at radius 1 is 1.59 bits per heavy atom. The maximum Gasteiger partial charge on any atom is 0.376 e. The summed E-state index contributed by atoms with van der Waals surface area (Å²) in [6.07, 6.45) is 1.22. The Morgan fingerprint density at radius 2 is 2.24 bits per heavy atom. The van der Waals surface area contributed by atoms with Crippen molar-refractivity contribution in [1.82, 2.24) is 14.4 Å². The topological polar surface area (TPSA) is 78.3 Å². The van der Waals surface area contributed by atoms with Crippen LogP contribution in [0.15, 0.2) is 15.8 Å². The Balaban J connectivity index is 2.68. The van der Waals surface area contributed by atoms with Crippen LogP contribution < -0.4 is 11.2 Å². The van der Waals surface area contributed by atoms with Gasteiger partial charge < -0.3 is 14.8 Å². The predicted molar refractivity (Wildman–Crippen MR) is 62.4 cm³/mol. The zero-order chi connectivity index (χ0) is 13.0. The number of nitrogens with one attached hydrogen (secondary N) is 1. The summed E-state index contributed by atoms with van der Waals surface area (Å²) in [7, 11) is 1.11. The molecule has 0 fully saturated rings. The van der Waals surface area contributed by atoms with E-state index in [1.807, 2.05) is 0 Å². The average Bonchev–Trinajstić information content (AvgIpc) is 2.28. The molecule has 0 spiro atoms. The van der Waals surface area contributed by atoms with E-state index in [1.165, 1.54) is 0 Å². The van der Waals surface area contributed by atoms with E-state index in [1.54, 1.807) is 18.7 Å². The normalized spacial score (nSPS) is 10.9. The quantitative estimate of drug-likeness (QED) is 0.657. The molecule has 0 aliphatic heterocycles. The van der Waals surface area contributed by atoms with Gasteiger partial charge in [0, 0.05) is 12.7 Å². The number of aromatic nitrogens is 2. The third-order valence-corrected chi connectivity index (χ3v) is 2.55. The van der Waals surface area contributed by atoms with E-state index in [2.05, 4.69) is 4.98 Å². The highest BCUT2D eigenvalue weighted by molar-refractivity contribution is 6.45. The molecule has 0 amide bonds. The predicted octanol–water partition coefficient (Wildman–Crippen LogP) is -0.892.